The van der Waals surface area contributed by atoms with E-state index in [1.165, 1.54) is 5.56 Å². The van der Waals surface area contributed by atoms with Gasteiger partial charge in [0.15, 0.2) is 0 Å². The zero-order valence-electron chi connectivity index (χ0n) is 13.9. The Balaban J connectivity index is 1.60. The fourth-order valence-electron chi connectivity index (χ4n) is 2.93. The SMILES string of the molecule is Cc1csc([C@H](C)NC(=O)N(C)CC2(c3ccccc3)CC2)n1. The van der Waals surface area contributed by atoms with E-state index in [-0.39, 0.29) is 17.5 Å². The van der Waals surface area contributed by atoms with Crippen molar-refractivity contribution in [2.24, 2.45) is 0 Å². The highest BCUT2D eigenvalue weighted by Crippen LogP contribution is 2.48. The summed E-state index contributed by atoms with van der Waals surface area (Å²) in [6, 6.07) is 10.4. The number of carbonyl (C=O) groups excluding carboxylic acids is 1. The van der Waals surface area contributed by atoms with Gasteiger partial charge in [-0.2, -0.15) is 0 Å². The lowest BCUT2D eigenvalue weighted by molar-refractivity contribution is 0.201. The van der Waals surface area contributed by atoms with E-state index in [0.717, 1.165) is 30.1 Å². The summed E-state index contributed by atoms with van der Waals surface area (Å²) in [6.07, 6.45) is 2.30. The zero-order chi connectivity index (χ0) is 16.4. The van der Waals surface area contributed by atoms with Crippen molar-refractivity contribution in [3.05, 3.63) is 52.0 Å². The van der Waals surface area contributed by atoms with Crippen LogP contribution >= 0.6 is 11.3 Å². The van der Waals surface area contributed by atoms with Crippen LogP contribution in [0.2, 0.25) is 0 Å². The Morgan fingerprint density at radius 1 is 1.39 bits per heavy atom. The van der Waals surface area contributed by atoms with Crippen molar-refractivity contribution >= 4 is 17.4 Å². The number of hydrogen-bond acceptors (Lipinski definition) is 3. The number of amides is 2. The first-order valence-electron chi connectivity index (χ1n) is 7.99. The van der Waals surface area contributed by atoms with Crippen LogP contribution in [0.5, 0.6) is 0 Å². The highest BCUT2D eigenvalue weighted by atomic mass is 32.1. The maximum absolute atomic E-state index is 12.5. The topological polar surface area (TPSA) is 45.2 Å². The fourth-order valence-corrected chi connectivity index (χ4v) is 3.74. The van der Waals surface area contributed by atoms with Crippen molar-refractivity contribution in [3.63, 3.8) is 0 Å². The molecule has 3 rings (SSSR count). The monoisotopic (exact) mass is 329 g/mol. The predicted molar refractivity (Wildman–Crippen MR) is 93.8 cm³/mol. The van der Waals surface area contributed by atoms with Gasteiger partial charge in [-0.1, -0.05) is 30.3 Å². The summed E-state index contributed by atoms with van der Waals surface area (Å²) in [5.74, 6) is 0. The van der Waals surface area contributed by atoms with Crippen LogP contribution in [-0.4, -0.2) is 29.5 Å². The molecular formula is C18H23N3OS. The minimum atomic E-state index is -0.0597. The number of likely N-dealkylation sites (N-methyl/N-ethyl adjacent to an activating group) is 1. The molecule has 4 nitrogen and oxygen atoms in total. The van der Waals surface area contributed by atoms with E-state index in [2.05, 4.69) is 34.6 Å². The molecule has 0 radical (unpaired) electrons. The standard InChI is InChI=1S/C18H23N3OS/c1-13-11-23-16(19-13)14(2)20-17(22)21(3)12-18(9-10-18)15-7-5-4-6-8-15/h4-8,11,14H,9-10,12H2,1-3H3,(H,20,22)/t14-/m0/s1. The molecule has 2 amide bonds. The molecule has 1 atom stereocenters. The molecule has 1 aromatic carbocycles. The predicted octanol–water partition coefficient (Wildman–Crippen LogP) is 3.89. The lowest BCUT2D eigenvalue weighted by atomic mass is 9.95. The van der Waals surface area contributed by atoms with E-state index in [1.807, 2.05) is 32.3 Å². The molecule has 23 heavy (non-hydrogen) atoms. The van der Waals surface area contributed by atoms with Crippen molar-refractivity contribution in [1.82, 2.24) is 15.2 Å². The number of hydrogen-bond donors (Lipinski definition) is 1. The highest BCUT2D eigenvalue weighted by Gasteiger charge is 2.45. The van der Waals surface area contributed by atoms with Crippen molar-refractivity contribution in [2.75, 3.05) is 13.6 Å². The van der Waals surface area contributed by atoms with Gasteiger partial charge in [-0.25, -0.2) is 9.78 Å². The normalized spacial score (nSPS) is 16.7. The van der Waals surface area contributed by atoms with Crippen LogP contribution in [0.25, 0.3) is 0 Å². The van der Waals surface area contributed by atoms with Crippen LogP contribution in [-0.2, 0) is 5.41 Å². The molecule has 0 saturated heterocycles. The summed E-state index contributed by atoms with van der Waals surface area (Å²) in [5.41, 5.74) is 2.48. The van der Waals surface area contributed by atoms with Gasteiger partial charge < -0.3 is 10.2 Å². The molecule has 0 unspecified atom stereocenters. The van der Waals surface area contributed by atoms with Gasteiger partial charge >= 0.3 is 6.03 Å². The van der Waals surface area contributed by atoms with Gasteiger partial charge in [0.1, 0.15) is 5.01 Å². The number of benzene rings is 1. The lowest BCUT2D eigenvalue weighted by Gasteiger charge is -2.26. The molecule has 1 aliphatic rings. The summed E-state index contributed by atoms with van der Waals surface area (Å²) in [4.78, 5) is 18.7. The number of nitrogens with zero attached hydrogens (tertiary/aromatic N) is 2. The Morgan fingerprint density at radius 2 is 2.09 bits per heavy atom. The molecule has 2 aromatic rings. The first kappa shape index (κ1) is 16.0. The molecular weight excluding hydrogens is 306 g/mol. The Labute approximate surface area is 141 Å². The molecule has 0 spiro atoms. The van der Waals surface area contributed by atoms with E-state index in [9.17, 15) is 4.79 Å². The second-order valence-corrected chi connectivity index (χ2v) is 7.39. The summed E-state index contributed by atoms with van der Waals surface area (Å²) in [6.45, 7) is 4.71. The summed E-state index contributed by atoms with van der Waals surface area (Å²) >= 11 is 1.59. The average molecular weight is 329 g/mol. The molecule has 1 aliphatic carbocycles. The first-order valence-corrected chi connectivity index (χ1v) is 8.87. The van der Waals surface area contributed by atoms with Crippen molar-refractivity contribution < 1.29 is 4.79 Å². The van der Waals surface area contributed by atoms with Crippen LogP contribution in [0.4, 0.5) is 4.79 Å². The summed E-state index contributed by atoms with van der Waals surface area (Å²) in [5, 5.41) is 6.01. The van der Waals surface area contributed by atoms with Crippen molar-refractivity contribution in [3.8, 4) is 0 Å². The fraction of sp³-hybridized carbons (Fsp3) is 0.444. The molecule has 1 aromatic heterocycles. The average Bonchev–Trinajstić information content (AvgIpc) is 3.20. The van der Waals surface area contributed by atoms with Gasteiger partial charge in [0.05, 0.1) is 6.04 Å². The second kappa shape index (κ2) is 6.32. The largest absolute Gasteiger partial charge is 0.329 e. The quantitative estimate of drug-likeness (QED) is 0.904. The lowest BCUT2D eigenvalue weighted by Crippen LogP contribution is -2.42. The molecule has 0 aliphatic heterocycles. The number of aryl methyl sites for hydroxylation is 1. The zero-order valence-corrected chi connectivity index (χ0v) is 14.7. The van der Waals surface area contributed by atoms with Crippen LogP contribution in [0.15, 0.2) is 35.7 Å². The number of rotatable bonds is 5. The minimum absolute atomic E-state index is 0.0347. The van der Waals surface area contributed by atoms with Crippen LogP contribution in [0.1, 0.15) is 42.1 Å². The maximum Gasteiger partial charge on any atom is 0.317 e. The van der Waals surface area contributed by atoms with Gasteiger partial charge in [0, 0.05) is 30.1 Å². The molecule has 1 heterocycles. The van der Waals surface area contributed by atoms with Gasteiger partial charge in [-0.3, -0.25) is 0 Å². The molecule has 5 heteroatoms. The van der Waals surface area contributed by atoms with Crippen LogP contribution < -0.4 is 5.32 Å². The van der Waals surface area contributed by atoms with Gasteiger partial charge in [-0.15, -0.1) is 11.3 Å². The Bertz CT molecular complexity index is 679. The second-order valence-electron chi connectivity index (χ2n) is 6.50. The van der Waals surface area contributed by atoms with Gasteiger partial charge in [-0.05, 0) is 32.3 Å². The highest BCUT2D eigenvalue weighted by molar-refractivity contribution is 7.09. The number of nitrogens with one attached hydrogen (secondary N) is 1. The molecule has 1 N–H and O–H groups in total. The number of thiazole rings is 1. The van der Waals surface area contributed by atoms with E-state index >= 15 is 0 Å². The Hall–Kier alpha value is -1.88. The third-order valence-electron chi connectivity index (χ3n) is 4.47. The van der Waals surface area contributed by atoms with E-state index in [4.69, 9.17) is 0 Å². The van der Waals surface area contributed by atoms with Crippen molar-refractivity contribution in [2.45, 2.75) is 38.1 Å². The molecule has 0 bridgehead atoms. The van der Waals surface area contributed by atoms with Crippen LogP contribution in [0, 0.1) is 6.92 Å². The third-order valence-corrected chi connectivity index (χ3v) is 5.62. The molecule has 1 saturated carbocycles. The number of aromatic nitrogens is 1. The molecule has 1 fully saturated rings. The summed E-state index contributed by atoms with van der Waals surface area (Å²) in [7, 11) is 1.87. The minimum Gasteiger partial charge on any atom is -0.329 e. The Kier molecular flexibility index (Phi) is 4.39. The summed E-state index contributed by atoms with van der Waals surface area (Å²) < 4.78 is 0. The smallest absolute Gasteiger partial charge is 0.317 e. The van der Waals surface area contributed by atoms with Crippen molar-refractivity contribution in [1.29, 1.82) is 0 Å². The molecule has 122 valence electrons. The first-order chi connectivity index (χ1) is 11.0. The maximum atomic E-state index is 12.5. The van der Waals surface area contributed by atoms with E-state index in [1.54, 1.807) is 16.2 Å². The van der Waals surface area contributed by atoms with E-state index < -0.39 is 0 Å². The number of carbonyl (C=O) groups is 1. The number of urea groups is 1. The van der Waals surface area contributed by atoms with E-state index in [0.29, 0.717) is 0 Å². The third kappa shape index (κ3) is 3.55. The van der Waals surface area contributed by atoms with Gasteiger partial charge in [0.25, 0.3) is 0 Å². The van der Waals surface area contributed by atoms with Crippen LogP contribution in [0.3, 0.4) is 0 Å². The Morgan fingerprint density at radius 3 is 2.65 bits per heavy atom. The van der Waals surface area contributed by atoms with Gasteiger partial charge in [0.2, 0.25) is 0 Å².